The standard InChI is InChI=1S/C16H26N2O3/c1-4-6-14(19)11-17-16(20)18-12(2)9-13-7-5-8-15(10-13)21-3/h5,7-8,10,12,14,19H,4,6,9,11H2,1-3H3,(H2,17,18,20). The minimum absolute atomic E-state index is 0.000393. The van der Waals surface area contributed by atoms with Gasteiger partial charge in [0.1, 0.15) is 5.75 Å². The van der Waals surface area contributed by atoms with Crippen LogP contribution in [0.15, 0.2) is 24.3 Å². The molecule has 0 aliphatic carbocycles. The molecule has 0 saturated heterocycles. The van der Waals surface area contributed by atoms with E-state index in [2.05, 4.69) is 10.6 Å². The third-order valence-corrected chi connectivity index (χ3v) is 3.17. The lowest BCUT2D eigenvalue weighted by molar-refractivity contribution is 0.160. The minimum atomic E-state index is -0.477. The maximum atomic E-state index is 11.7. The molecule has 1 aromatic rings. The van der Waals surface area contributed by atoms with Crippen LogP contribution in [0.5, 0.6) is 5.75 Å². The number of rotatable bonds is 8. The first-order chi connectivity index (χ1) is 10.0. The van der Waals surface area contributed by atoms with E-state index in [0.29, 0.717) is 6.42 Å². The van der Waals surface area contributed by atoms with Gasteiger partial charge in [-0.3, -0.25) is 0 Å². The van der Waals surface area contributed by atoms with Gasteiger partial charge in [0.2, 0.25) is 0 Å². The van der Waals surface area contributed by atoms with Gasteiger partial charge in [0, 0.05) is 12.6 Å². The molecule has 1 aromatic carbocycles. The van der Waals surface area contributed by atoms with Crippen molar-refractivity contribution >= 4 is 6.03 Å². The summed E-state index contributed by atoms with van der Waals surface area (Å²) < 4.78 is 5.18. The second-order valence-corrected chi connectivity index (χ2v) is 5.25. The van der Waals surface area contributed by atoms with Crippen LogP contribution in [0.4, 0.5) is 4.79 Å². The number of hydrogen-bond donors (Lipinski definition) is 3. The fraction of sp³-hybridized carbons (Fsp3) is 0.562. The molecule has 1 rings (SSSR count). The molecule has 0 radical (unpaired) electrons. The van der Waals surface area contributed by atoms with Crippen LogP contribution in [0.3, 0.4) is 0 Å². The number of aliphatic hydroxyl groups is 1. The molecule has 5 nitrogen and oxygen atoms in total. The molecule has 2 unspecified atom stereocenters. The van der Waals surface area contributed by atoms with E-state index in [1.54, 1.807) is 7.11 Å². The predicted molar refractivity (Wildman–Crippen MR) is 83.6 cm³/mol. The van der Waals surface area contributed by atoms with Crippen LogP contribution in [-0.4, -0.2) is 36.9 Å². The minimum Gasteiger partial charge on any atom is -0.497 e. The Labute approximate surface area is 126 Å². The van der Waals surface area contributed by atoms with E-state index in [4.69, 9.17) is 4.74 Å². The van der Waals surface area contributed by atoms with E-state index >= 15 is 0 Å². The Hall–Kier alpha value is -1.75. The van der Waals surface area contributed by atoms with Gasteiger partial charge < -0.3 is 20.5 Å². The van der Waals surface area contributed by atoms with E-state index in [9.17, 15) is 9.90 Å². The molecule has 3 N–H and O–H groups in total. The van der Waals surface area contributed by atoms with Crippen LogP contribution in [0, 0.1) is 0 Å². The Kier molecular flexibility index (Phi) is 7.61. The molecule has 0 aromatic heterocycles. The van der Waals surface area contributed by atoms with Crippen molar-refractivity contribution in [3.8, 4) is 5.75 Å². The number of hydrogen-bond acceptors (Lipinski definition) is 3. The zero-order chi connectivity index (χ0) is 15.7. The van der Waals surface area contributed by atoms with Crippen LogP contribution in [-0.2, 0) is 6.42 Å². The third-order valence-electron chi connectivity index (χ3n) is 3.17. The molecular weight excluding hydrogens is 268 g/mol. The van der Waals surface area contributed by atoms with Crippen molar-refractivity contribution < 1.29 is 14.6 Å². The van der Waals surface area contributed by atoms with Crippen molar-refractivity contribution in [2.45, 2.75) is 45.3 Å². The van der Waals surface area contributed by atoms with Gasteiger partial charge in [-0.15, -0.1) is 0 Å². The van der Waals surface area contributed by atoms with Crippen molar-refractivity contribution in [1.82, 2.24) is 10.6 Å². The van der Waals surface area contributed by atoms with Crippen molar-refractivity contribution in [2.24, 2.45) is 0 Å². The number of nitrogens with one attached hydrogen (secondary N) is 2. The first-order valence-electron chi connectivity index (χ1n) is 7.40. The monoisotopic (exact) mass is 294 g/mol. The quantitative estimate of drug-likeness (QED) is 0.687. The summed E-state index contributed by atoms with van der Waals surface area (Å²) in [5.74, 6) is 0.812. The van der Waals surface area contributed by atoms with Crippen LogP contribution >= 0.6 is 0 Å². The lowest BCUT2D eigenvalue weighted by Crippen LogP contribution is -2.44. The Morgan fingerprint density at radius 1 is 1.43 bits per heavy atom. The molecule has 21 heavy (non-hydrogen) atoms. The van der Waals surface area contributed by atoms with Crippen LogP contribution in [0.25, 0.3) is 0 Å². The molecule has 2 atom stereocenters. The Bertz CT molecular complexity index is 437. The summed E-state index contributed by atoms with van der Waals surface area (Å²) in [6.45, 7) is 4.23. The normalized spacial score (nSPS) is 13.3. The average Bonchev–Trinajstić information content (AvgIpc) is 2.45. The topological polar surface area (TPSA) is 70.6 Å². The zero-order valence-corrected chi connectivity index (χ0v) is 13.1. The van der Waals surface area contributed by atoms with Gasteiger partial charge in [-0.25, -0.2) is 4.79 Å². The lowest BCUT2D eigenvalue weighted by Gasteiger charge is -2.16. The maximum absolute atomic E-state index is 11.7. The van der Waals surface area contributed by atoms with Crippen molar-refractivity contribution in [1.29, 1.82) is 0 Å². The number of benzene rings is 1. The summed E-state index contributed by atoms with van der Waals surface area (Å²) in [5, 5.41) is 15.1. The first kappa shape index (κ1) is 17.3. The third kappa shape index (κ3) is 6.99. The van der Waals surface area contributed by atoms with Crippen LogP contribution in [0.2, 0.25) is 0 Å². The number of methoxy groups -OCH3 is 1. The van der Waals surface area contributed by atoms with Gasteiger partial charge in [-0.1, -0.05) is 25.5 Å². The van der Waals surface area contributed by atoms with Gasteiger partial charge in [0.15, 0.2) is 0 Å². The molecule has 0 heterocycles. The number of urea groups is 1. The maximum Gasteiger partial charge on any atom is 0.315 e. The number of ether oxygens (including phenoxy) is 1. The van der Waals surface area contributed by atoms with Gasteiger partial charge in [-0.2, -0.15) is 0 Å². The average molecular weight is 294 g/mol. The summed E-state index contributed by atoms with van der Waals surface area (Å²) in [4.78, 5) is 11.7. The lowest BCUT2D eigenvalue weighted by atomic mass is 10.1. The fourth-order valence-electron chi connectivity index (χ4n) is 2.12. The molecule has 2 amide bonds. The van der Waals surface area contributed by atoms with E-state index < -0.39 is 6.10 Å². The summed E-state index contributed by atoms with van der Waals surface area (Å²) in [7, 11) is 1.63. The highest BCUT2D eigenvalue weighted by atomic mass is 16.5. The van der Waals surface area contributed by atoms with E-state index in [-0.39, 0.29) is 18.6 Å². The van der Waals surface area contributed by atoms with Crippen LogP contribution in [0.1, 0.15) is 32.3 Å². The van der Waals surface area contributed by atoms with Gasteiger partial charge in [0.05, 0.1) is 13.2 Å². The predicted octanol–water partition coefficient (Wildman–Crippen LogP) is 2.09. The summed E-state index contributed by atoms with van der Waals surface area (Å²) >= 11 is 0. The van der Waals surface area contributed by atoms with Gasteiger partial charge in [-0.05, 0) is 37.5 Å². The highest BCUT2D eigenvalue weighted by Crippen LogP contribution is 2.13. The molecule has 0 bridgehead atoms. The number of carbonyl (C=O) groups is 1. The molecule has 0 spiro atoms. The smallest absolute Gasteiger partial charge is 0.315 e. The van der Waals surface area contributed by atoms with Crippen molar-refractivity contribution in [2.75, 3.05) is 13.7 Å². The van der Waals surface area contributed by atoms with E-state index in [1.165, 1.54) is 0 Å². The molecule has 0 aliphatic rings. The number of carbonyl (C=O) groups excluding carboxylic acids is 1. The van der Waals surface area contributed by atoms with Crippen molar-refractivity contribution in [3.63, 3.8) is 0 Å². The Morgan fingerprint density at radius 3 is 2.86 bits per heavy atom. The van der Waals surface area contributed by atoms with E-state index in [1.807, 2.05) is 38.1 Å². The van der Waals surface area contributed by atoms with E-state index in [0.717, 1.165) is 24.2 Å². The fourth-order valence-corrected chi connectivity index (χ4v) is 2.12. The van der Waals surface area contributed by atoms with Crippen molar-refractivity contribution in [3.05, 3.63) is 29.8 Å². The molecule has 0 fully saturated rings. The summed E-state index contributed by atoms with van der Waals surface area (Å²) in [6, 6.07) is 7.54. The molecule has 118 valence electrons. The number of aliphatic hydroxyl groups excluding tert-OH is 1. The van der Waals surface area contributed by atoms with Gasteiger partial charge in [0.25, 0.3) is 0 Å². The molecular formula is C16H26N2O3. The second kappa shape index (κ2) is 9.23. The SMILES string of the molecule is CCCC(O)CNC(=O)NC(C)Cc1cccc(OC)c1. The molecule has 0 saturated carbocycles. The summed E-state index contributed by atoms with van der Waals surface area (Å²) in [6.07, 6.45) is 1.84. The second-order valence-electron chi connectivity index (χ2n) is 5.25. The number of amides is 2. The largest absolute Gasteiger partial charge is 0.497 e. The highest BCUT2D eigenvalue weighted by Gasteiger charge is 2.10. The first-order valence-corrected chi connectivity index (χ1v) is 7.40. The Morgan fingerprint density at radius 2 is 2.19 bits per heavy atom. The molecule has 5 heteroatoms. The molecule has 0 aliphatic heterocycles. The summed E-state index contributed by atoms with van der Waals surface area (Å²) in [5.41, 5.74) is 1.10. The Balaban J connectivity index is 2.35. The highest BCUT2D eigenvalue weighted by molar-refractivity contribution is 5.74. The van der Waals surface area contributed by atoms with Crippen LogP contribution < -0.4 is 15.4 Å². The van der Waals surface area contributed by atoms with Gasteiger partial charge >= 0.3 is 6.03 Å². The zero-order valence-electron chi connectivity index (χ0n) is 13.1.